The first-order valence-corrected chi connectivity index (χ1v) is 8.25. The summed E-state index contributed by atoms with van der Waals surface area (Å²) in [6, 6.07) is 7.84. The highest BCUT2D eigenvalue weighted by atomic mass is 32.1. The monoisotopic (exact) mass is 325 g/mol. The Morgan fingerprint density at radius 2 is 2.30 bits per heavy atom. The van der Waals surface area contributed by atoms with Gasteiger partial charge in [-0.25, -0.2) is 4.98 Å². The second-order valence-corrected chi connectivity index (χ2v) is 6.29. The molecule has 23 heavy (non-hydrogen) atoms. The molecule has 1 aliphatic rings. The van der Waals surface area contributed by atoms with Gasteiger partial charge in [0.25, 0.3) is 5.91 Å². The van der Waals surface area contributed by atoms with Crippen LogP contribution in [0.25, 0.3) is 11.3 Å². The molecule has 0 bridgehead atoms. The van der Waals surface area contributed by atoms with Crippen LogP contribution in [0, 0.1) is 6.92 Å². The lowest BCUT2D eigenvalue weighted by Crippen LogP contribution is -2.11. The van der Waals surface area contributed by atoms with Gasteiger partial charge in [0.15, 0.2) is 0 Å². The van der Waals surface area contributed by atoms with Crippen LogP contribution in [0.2, 0.25) is 0 Å². The van der Waals surface area contributed by atoms with Gasteiger partial charge >= 0.3 is 0 Å². The third-order valence-corrected chi connectivity index (χ3v) is 4.82. The van der Waals surface area contributed by atoms with E-state index in [-0.39, 0.29) is 5.91 Å². The molecule has 4 rings (SSSR count). The van der Waals surface area contributed by atoms with Gasteiger partial charge in [-0.15, -0.1) is 5.10 Å². The van der Waals surface area contributed by atoms with Gasteiger partial charge in [0.2, 0.25) is 0 Å². The summed E-state index contributed by atoms with van der Waals surface area (Å²) in [6.45, 7) is 2.79. The fraction of sp³-hybridized carbons (Fsp3) is 0.250. The fourth-order valence-electron chi connectivity index (χ4n) is 2.87. The maximum atomic E-state index is 12.3. The molecule has 2 aromatic heterocycles. The van der Waals surface area contributed by atoms with Gasteiger partial charge in [0, 0.05) is 24.2 Å². The van der Waals surface area contributed by atoms with Crippen LogP contribution in [0.3, 0.4) is 0 Å². The van der Waals surface area contributed by atoms with E-state index in [9.17, 15) is 4.79 Å². The van der Waals surface area contributed by atoms with Crippen molar-refractivity contribution in [3.63, 3.8) is 0 Å². The molecule has 116 valence electrons. The quantitative estimate of drug-likeness (QED) is 0.803. The highest BCUT2D eigenvalue weighted by Gasteiger charge is 2.17. The first kappa shape index (κ1) is 14.1. The number of carbonyl (C=O) groups is 1. The van der Waals surface area contributed by atoms with Crippen LogP contribution in [0.1, 0.15) is 27.6 Å². The Labute approximate surface area is 137 Å². The summed E-state index contributed by atoms with van der Waals surface area (Å²) in [5.74, 6) is 0.967. The van der Waals surface area contributed by atoms with Crippen molar-refractivity contribution in [2.75, 3.05) is 5.32 Å². The van der Waals surface area contributed by atoms with E-state index in [1.807, 2.05) is 30.5 Å². The molecule has 3 aromatic rings. The maximum Gasteiger partial charge on any atom is 0.269 e. The summed E-state index contributed by atoms with van der Waals surface area (Å²) in [5.41, 5.74) is 3.57. The number of nitrogens with zero attached hydrogens (tertiary/aromatic N) is 4. The lowest BCUT2D eigenvalue weighted by Gasteiger charge is -2.08. The van der Waals surface area contributed by atoms with E-state index >= 15 is 0 Å². The van der Waals surface area contributed by atoms with Gasteiger partial charge in [-0.3, -0.25) is 4.79 Å². The van der Waals surface area contributed by atoms with Crippen LogP contribution in [-0.2, 0) is 13.0 Å². The van der Waals surface area contributed by atoms with E-state index in [4.69, 9.17) is 0 Å². The van der Waals surface area contributed by atoms with Gasteiger partial charge in [0.1, 0.15) is 10.7 Å². The second kappa shape index (κ2) is 5.58. The number of aryl methyl sites for hydroxylation is 2. The van der Waals surface area contributed by atoms with Gasteiger partial charge in [-0.05, 0) is 37.0 Å². The van der Waals surface area contributed by atoms with Crippen molar-refractivity contribution in [1.29, 1.82) is 0 Å². The van der Waals surface area contributed by atoms with Crippen molar-refractivity contribution < 1.29 is 4.79 Å². The summed E-state index contributed by atoms with van der Waals surface area (Å²) in [7, 11) is 0. The molecule has 1 aliphatic heterocycles. The highest BCUT2D eigenvalue weighted by Crippen LogP contribution is 2.27. The molecule has 0 aliphatic carbocycles. The fourth-order valence-corrected chi connectivity index (χ4v) is 3.42. The second-order valence-electron chi connectivity index (χ2n) is 5.54. The molecule has 0 atom stereocenters. The third-order valence-electron chi connectivity index (χ3n) is 3.99. The highest BCUT2D eigenvalue weighted by molar-refractivity contribution is 7.08. The van der Waals surface area contributed by atoms with Crippen molar-refractivity contribution in [2.45, 2.75) is 26.3 Å². The lowest BCUT2D eigenvalue weighted by atomic mass is 10.1. The number of anilines is 1. The topological polar surface area (TPSA) is 72.7 Å². The first-order valence-electron chi connectivity index (χ1n) is 7.47. The van der Waals surface area contributed by atoms with E-state index in [2.05, 4.69) is 24.5 Å². The largest absolute Gasteiger partial charge is 0.328 e. The molecule has 0 spiro atoms. The minimum absolute atomic E-state index is 0.173. The SMILES string of the molecule is Cc1nnsc1C(=O)Nc1cccc(-c2cnc3n2CCC3)c1. The van der Waals surface area contributed by atoms with Crippen molar-refractivity contribution >= 4 is 23.1 Å². The van der Waals surface area contributed by atoms with E-state index in [1.165, 1.54) is 0 Å². The number of benzene rings is 1. The number of hydrogen-bond donors (Lipinski definition) is 1. The van der Waals surface area contributed by atoms with Crippen molar-refractivity contribution in [3.05, 3.63) is 46.9 Å². The molecule has 3 heterocycles. The number of imidazole rings is 1. The van der Waals surface area contributed by atoms with Gasteiger partial charge in [-0.2, -0.15) is 0 Å². The predicted molar refractivity (Wildman–Crippen MR) is 88.6 cm³/mol. The molecule has 1 amide bonds. The molecule has 0 unspecified atom stereocenters. The van der Waals surface area contributed by atoms with E-state index in [1.54, 1.807) is 6.92 Å². The van der Waals surface area contributed by atoms with Crippen LogP contribution in [-0.4, -0.2) is 25.0 Å². The standard InChI is InChI=1S/C16H15N5OS/c1-10-15(23-20-19-10)16(22)18-12-5-2-4-11(8-12)13-9-17-14-6-3-7-21(13)14/h2,4-5,8-9H,3,6-7H2,1H3,(H,18,22). The average Bonchev–Trinajstić information content (AvgIpc) is 3.23. The van der Waals surface area contributed by atoms with Gasteiger partial charge < -0.3 is 9.88 Å². The van der Waals surface area contributed by atoms with Crippen LogP contribution in [0.4, 0.5) is 5.69 Å². The Balaban J connectivity index is 1.62. The van der Waals surface area contributed by atoms with E-state index in [0.29, 0.717) is 10.6 Å². The number of carbonyl (C=O) groups excluding carboxylic acids is 1. The molecule has 0 saturated heterocycles. The number of hydrogen-bond acceptors (Lipinski definition) is 5. The van der Waals surface area contributed by atoms with Gasteiger partial charge in [-0.1, -0.05) is 16.6 Å². The molecule has 1 aromatic carbocycles. The smallest absolute Gasteiger partial charge is 0.269 e. The number of amides is 1. The molecule has 0 saturated carbocycles. The minimum Gasteiger partial charge on any atom is -0.328 e. The minimum atomic E-state index is -0.173. The summed E-state index contributed by atoms with van der Waals surface area (Å²) < 4.78 is 6.05. The lowest BCUT2D eigenvalue weighted by molar-refractivity contribution is 0.103. The van der Waals surface area contributed by atoms with Crippen LogP contribution in [0.15, 0.2) is 30.5 Å². The summed E-state index contributed by atoms with van der Waals surface area (Å²) in [4.78, 5) is 17.3. The Morgan fingerprint density at radius 1 is 1.39 bits per heavy atom. The molecule has 0 radical (unpaired) electrons. The molecule has 7 heteroatoms. The zero-order valence-electron chi connectivity index (χ0n) is 12.6. The normalized spacial score (nSPS) is 13.1. The average molecular weight is 325 g/mol. The van der Waals surface area contributed by atoms with Crippen LogP contribution in [0.5, 0.6) is 0 Å². The molecule has 1 N–H and O–H groups in total. The zero-order chi connectivity index (χ0) is 15.8. The summed E-state index contributed by atoms with van der Waals surface area (Å²) in [6.07, 6.45) is 4.09. The molecular formula is C16H15N5OS. The Kier molecular flexibility index (Phi) is 3.42. The van der Waals surface area contributed by atoms with E-state index in [0.717, 1.165) is 53.7 Å². The van der Waals surface area contributed by atoms with Gasteiger partial charge in [0.05, 0.1) is 17.6 Å². The number of aromatic nitrogens is 4. The Morgan fingerprint density at radius 3 is 3.13 bits per heavy atom. The molecule has 0 fully saturated rings. The van der Waals surface area contributed by atoms with Crippen LogP contribution >= 0.6 is 11.5 Å². The number of rotatable bonds is 3. The zero-order valence-corrected chi connectivity index (χ0v) is 13.4. The maximum absolute atomic E-state index is 12.3. The number of fused-ring (bicyclic) bond motifs is 1. The van der Waals surface area contributed by atoms with Crippen LogP contribution < -0.4 is 5.32 Å². The Hall–Kier alpha value is -2.54. The van der Waals surface area contributed by atoms with Crippen molar-refractivity contribution in [1.82, 2.24) is 19.1 Å². The summed E-state index contributed by atoms with van der Waals surface area (Å²) >= 11 is 1.11. The van der Waals surface area contributed by atoms with Crippen molar-refractivity contribution in [2.24, 2.45) is 0 Å². The summed E-state index contributed by atoms with van der Waals surface area (Å²) in [5, 5.41) is 6.79. The Bertz CT molecular complexity index is 882. The predicted octanol–water partition coefficient (Wildman–Crippen LogP) is 2.91. The van der Waals surface area contributed by atoms with Crippen molar-refractivity contribution in [3.8, 4) is 11.3 Å². The third kappa shape index (κ3) is 2.53. The van der Waals surface area contributed by atoms with E-state index < -0.39 is 0 Å². The number of nitrogens with one attached hydrogen (secondary N) is 1. The molecular weight excluding hydrogens is 310 g/mol. The first-order chi connectivity index (χ1) is 11.2. The molecule has 6 nitrogen and oxygen atoms in total.